The van der Waals surface area contributed by atoms with Crippen molar-refractivity contribution < 1.29 is 4.79 Å². The van der Waals surface area contributed by atoms with Crippen LogP contribution in [-0.4, -0.2) is 5.91 Å². The molecular weight excluding hydrogens is 395 g/mol. The van der Waals surface area contributed by atoms with Gasteiger partial charge in [0.25, 0.3) is 5.91 Å². The predicted octanol–water partition coefficient (Wildman–Crippen LogP) is 5.36. The van der Waals surface area contributed by atoms with Crippen LogP contribution in [0.3, 0.4) is 0 Å². The molecule has 0 fully saturated rings. The van der Waals surface area contributed by atoms with Crippen molar-refractivity contribution in [2.75, 3.05) is 5.32 Å². The van der Waals surface area contributed by atoms with E-state index in [2.05, 4.69) is 21.2 Å². The van der Waals surface area contributed by atoms with Gasteiger partial charge in [-0.15, -0.1) is 11.3 Å². The summed E-state index contributed by atoms with van der Waals surface area (Å²) >= 11 is 16.6. The number of carbonyl (C=O) groups excluding carboxylic acids is 1. The normalized spacial score (nSPS) is 11.0. The summed E-state index contributed by atoms with van der Waals surface area (Å²) in [5.74, 6) is -0.536. The molecule has 0 aliphatic rings. The van der Waals surface area contributed by atoms with Gasteiger partial charge in [-0.2, -0.15) is 5.26 Å². The summed E-state index contributed by atoms with van der Waals surface area (Å²) in [6, 6.07) is 10.4. The Morgan fingerprint density at radius 2 is 2.10 bits per heavy atom. The molecule has 0 bridgehead atoms. The maximum atomic E-state index is 12.1. The minimum Gasteiger partial charge on any atom is -0.320 e. The van der Waals surface area contributed by atoms with E-state index in [1.807, 2.05) is 18.2 Å². The van der Waals surface area contributed by atoms with Gasteiger partial charge in [0, 0.05) is 4.88 Å². The number of amides is 1. The lowest BCUT2D eigenvalue weighted by Crippen LogP contribution is -2.13. The summed E-state index contributed by atoms with van der Waals surface area (Å²) < 4.78 is 0.921. The van der Waals surface area contributed by atoms with Crippen molar-refractivity contribution in [2.24, 2.45) is 0 Å². The fraction of sp³-hybridized carbons (Fsp3) is 0. The van der Waals surface area contributed by atoms with E-state index < -0.39 is 5.91 Å². The second kappa shape index (κ2) is 7.10. The first-order valence-electron chi connectivity index (χ1n) is 5.63. The molecule has 0 unspecified atom stereocenters. The molecule has 0 aliphatic carbocycles. The maximum absolute atomic E-state index is 12.1. The van der Waals surface area contributed by atoms with Crippen LogP contribution < -0.4 is 5.32 Å². The van der Waals surface area contributed by atoms with Crippen LogP contribution in [0, 0.1) is 11.3 Å². The van der Waals surface area contributed by atoms with Crippen molar-refractivity contribution in [3.63, 3.8) is 0 Å². The number of thiophene rings is 1. The number of nitriles is 1. The molecule has 0 radical (unpaired) electrons. The SMILES string of the molecule is N#C/C(=C\c1ccc(Br)s1)C(=O)Nc1cccc(Cl)c1Cl. The summed E-state index contributed by atoms with van der Waals surface area (Å²) in [6.07, 6.45) is 1.52. The molecule has 21 heavy (non-hydrogen) atoms. The molecule has 0 saturated carbocycles. The van der Waals surface area contributed by atoms with Crippen LogP contribution in [0.15, 0.2) is 39.7 Å². The third-order valence-corrected chi connectivity index (χ3v) is 4.84. The Morgan fingerprint density at radius 1 is 1.33 bits per heavy atom. The second-order valence-electron chi connectivity index (χ2n) is 3.87. The average molecular weight is 402 g/mol. The Labute approximate surface area is 143 Å². The van der Waals surface area contributed by atoms with Gasteiger partial charge in [0.05, 0.1) is 19.5 Å². The van der Waals surface area contributed by atoms with Gasteiger partial charge in [-0.3, -0.25) is 4.79 Å². The lowest BCUT2D eigenvalue weighted by molar-refractivity contribution is -0.112. The molecular formula is C14H7BrCl2N2OS. The van der Waals surface area contributed by atoms with Crippen LogP contribution in [0.4, 0.5) is 5.69 Å². The number of nitrogens with zero attached hydrogens (tertiary/aromatic N) is 1. The van der Waals surface area contributed by atoms with Crippen LogP contribution in [0.5, 0.6) is 0 Å². The van der Waals surface area contributed by atoms with Gasteiger partial charge in [-0.1, -0.05) is 29.3 Å². The second-order valence-corrected chi connectivity index (χ2v) is 7.15. The molecule has 1 heterocycles. The zero-order valence-corrected chi connectivity index (χ0v) is 14.3. The minimum atomic E-state index is -0.536. The number of rotatable bonds is 3. The van der Waals surface area contributed by atoms with Gasteiger partial charge in [0.1, 0.15) is 11.6 Å². The molecule has 1 aromatic heterocycles. The van der Waals surface area contributed by atoms with E-state index in [1.165, 1.54) is 17.4 Å². The Morgan fingerprint density at radius 3 is 2.71 bits per heavy atom. The number of hydrogen-bond donors (Lipinski definition) is 1. The van der Waals surface area contributed by atoms with Crippen molar-refractivity contribution >= 4 is 68.1 Å². The molecule has 0 aliphatic heterocycles. The lowest BCUT2D eigenvalue weighted by Gasteiger charge is -2.07. The molecule has 7 heteroatoms. The molecule has 0 spiro atoms. The molecule has 2 aromatic rings. The third-order valence-electron chi connectivity index (χ3n) is 2.45. The van der Waals surface area contributed by atoms with Gasteiger partial charge in [0.15, 0.2) is 0 Å². The van der Waals surface area contributed by atoms with E-state index in [1.54, 1.807) is 18.2 Å². The highest BCUT2D eigenvalue weighted by Crippen LogP contribution is 2.30. The molecule has 3 nitrogen and oxygen atoms in total. The van der Waals surface area contributed by atoms with Crippen molar-refractivity contribution in [1.29, 1.82) is 5.26 Å². The van der Waals surface area contributed by atoms with Crippen molar-refractivity contribution in [3.05, 3.63) is 54.6 Å². The fourth-order valence-electron chi connectivity index (χ4n) is 1.49. The van der Waals surface area contributed by atoms with Gasteiger partial charge >= 0.3 is 0 Å². The number of hydrogen-bond acceptors (Lipinski definition) is 3. The van der Waals surface area contributed by atoms with E-state index >= 15 is 0 Å². The Balaban J connectivity index is 2.24. The number of anilines is 1. The first kappa shape index (κ1) is 16.1. The molecule has 1 amide bonds. The van der Waals surface area contributed by atoms with E-state index in [0.29, 0.717) is 10.7 Å². The van der Waals surface area contributed by atoms with E-state index in [0.717, 1.165) is 8.66 Å². The summed E-state index contributed by atoms with van der Waals surface area (Å²) in [5, 5.41) is 12.3. The quantitative estimate of drug-likeness (QED) is 0.555. The first-order valence-corrected chi connectivity index (χ1v) is 8.00. The smallest absolute Gasteiger partial charge is 0.266 e. The third kappa shape index (κ3) is 4.08. The molecule has 1 N–H and O–H groups in total. The number of benzene rings is 1. The molecule has 0 atom stereocenters. The highest BCUT2D eigenvalue weighted by Gasteiger charge is 2.13. The zero-order chi connectivity index (χ0) is 15.4. The monoisotopic (exact) mass is 400 g/mol. The van der Waals surface area contributed by atoms with Crippen molar-refractivity contribution in [3.8, 4) is 6.07 Å². The largest absolute Gasteiger partial charge is 0.320 e. The number of carbonyl (C=O) groups is 1. The van der Waals surface area contributed by atoms with E-state index in [9.17, 15) is 4.79 Å². The molecule has 0 saturated heterocycles. The predicted molar refractivity (Wildman–Crippen MR) is 90.7 cm³/mol. The zero-order valence-electron chi connectivity index (χ0n) is 10.4. The molecule has 1 aromatic carbocycles. The highest BCUT2D eigenvalue weighted by molar-refractivity contribution is 9.11. The number of halogens is 3. The Bertz CT molecular complexity index is 765. The molecule has 2 rings (SSSR count). The van der Waals surface area contributed by atoms with E-state index in [4.69, 9.17) is 28.5 Å². The van der Waals surface area contributed by atoms with Crippen LogP contribution in [-0.2, 0) is 4.79 Å². The average Bonchev–Trinajstić information content (AvgIpc) is 2.86. The van der Waals surface area contributed by atoms with Crippen molar-refractivity contribution in [2.45, 2.75) is 0 Å². The lowest BCUT2D eigenvalue weighted by atomic mass is 10.2. The summed E-state index contributed by atoms with van der Waals surface area (Å²) in [4.78, 5) is 12.9. The van der Waals surface area contributed by atoms with Gasteiger partial charge < -0.3 is 5.32 Å². The van der Waals surface area contributed by atoms with E-state index in [-0.39, 0.29) is 10.6 Å². The summed E-state index contributed by atoms with van der Waals surface area (Å²) in [6.45, 7) is 0. The van der Waals surface area contributed by atoms with Crippen LogP contribution in [0.2, 0.25) is 10.0 Å². The fourth-order valence-corrected chi connectivity index (χ4v) is 3.20. The van der Waals surface area contributed by atoms with Crippen LogP contribution in [0.1, 0.15) is 4.88 Å². The molecule has 106 valence electrons. The Kier molecular flexibility index (Phi) is 5.43. The highest BCUT2D eigenvalue weighted by atomic mass is 79.9. The Hall–Kier alpha value is -1.32. The van der Waals surface area contributed by atoms with Gasteiger partial charge in [-0.25, -0.2) is 0 Å². The summed E-state index contributed by atoms with van der Waals surface area (Å²) in [7, 11) is 0. The van der Waals surface area contributed by atoms with Gasteiger partial charge in [0.2, 0.25) is 0 Å². The van der Waals surface area contributed by atoms with Crippen LogP contribution in [0.25, 0.3) is 6.08 Å². The van der Waals surface area contributed by atoms with Gasteiger partial charge in [-0.05, 0) is 46.3 Å². The summed E-state index contributed by atoms with van der Waals surface area (Å²) in [5.41, 5.74) is 0.350. The minimum absolute atomic E-state index is 0.0135. The van der Waals surface area contributed by atoms with Crippen LogP contribution >= 0.6 is 50.5 Å². The number of nitrogens with one attached hydrogen (secondary N) is 1. The van der Waals surface area contributed by atoms with Crippen molar-refractivity contribution in [1.82, 2.24) is 0 Å². The first-order chi connectivity index (χ1) is 10.0. The standard InChI is InChI=1S/C14H7BrCl2N2OS/c15-12-5-4-9(21-12)6-8(7-18)14(20)19-11-3-1-2-10(16)13(11)17/h1-6H,(H,19,20)/b8-6+. The topological polar surface area (TPSA) is 52.9 Å². The maximum Gasteiger partial charge on any atom is 0.266 e.